The molecule has 0 bridgehead atoms. The molecule has 0 aliphatic rings. The maximum absolute atomic E-state index is 8.63. The van der Waals surface area contributed by atoms with Gasteiger partial charge in [-0.05, 0) is 11.4 Å². The van der Waals surface area contributed by atoms with Gasteiger partial charge in [-0.2, -0.15) is 0 Å². The number of nitrogens with zero attached hydrogens (tertiary/aromatic N) is 2. The highest BCUT2D eigenvalue weighted by Gasteiger charge is 2.07. The molecule has 2 heterocycles. The molecule has 1 N–H and O–H groups in total. The number of aliphatic hydroxyl groups excluding tert-OH is 1. The van der Waals surface area contributed by atoms with Crippen molar-refractivity contribution in [2.45, 2.75) is 6.42 Å². The minimum absolute atomic E-state index is 0.0338. The molecule has 68 valence electrons. The standard InChI is InChI=1S/C8H8N2O2S/c11-4-3-7-9-10-8(12-7)6-2-1-5-13-6/h1-2,5,11H,3-4H2. The minimum Gasteiger partial charge on any atom is -0.420 e. The summed E-state index contributed by atoms with van der Waals surface area (Å²) < 4.78 is 5.30. The Labute approximate surface area is 78.9 Å². The number of hydrogen-bond acceptors (Lipinski definition) is 5. The van der Waals surface area contributed by atoms with Crippen molar-refractivity contribution in [3.05, 3.63) is 23.4 Å². The molecule has 0 aromatic carbocycles. The van der Waals surface area contributed by atoms with Gasteiger partial charge in [-0.15, -0.1) is 21.5 Å². The molecule has 0 amide bonds. The Bertz CT molecular complexity index is 369. The molecular formula is C8H8N2O2S. The fourth-order valence-corrected chi connectivity index (χ4v) is 1.59. The summed E-state index contributed by atoms with van der Waals surface area (Å²) in [7, 11) is 0. The summed E-state index contributed by atoms with van der Waals surface area (Å²) in [5, 5.41) is 18.2. The molecule has 0 saturated carbocycles. The van der Waals surface area contributed by atoms with E-state index < -0.39 is 0 Å². The van der Waals surface area contributed by atoms with Gasteiger partial charge in [-0.1, -0.05) is 6.07 Å². The molecule has 0 unspecified atom stereocenters. The van der Waals surface area contributed by atoms with Crippen LogP contribution < -0.4 is 0 Å². The quantitative estimate of drug-likeness (QED) is 0.804. The summed E-state index contributed by atoms with van der Waals surface area (Å²) in [6.45, 7) is 0.0338. The average molecular weight is 196 g/mol. The molecular weight excluding hydrogens is 188 g/mol. The number of hydrogen-bond donors (Lipinski definition) is 1. The Morgan fingerprint density at radius 3 is 3.08 bits per heavy atom. The van der Waals surface area contributed by atoms with Crippen LogP contribution in [-0.4, -0.2) is 21.9 Å². The van der Waals surface area contributed by atoms with E-state index in [4.69, 9.17) is 9.52 Å². The molecule has 2 rings (SSSR count). The zero-order valence-corrected chi connectivity index (χ0v) is 7.62. The molecule has 4 nitrogen and oxygen atoms in total. The normalized spacial score (nSPS) is 10.5. The first-order valence-corrected chi connectivity index (χ1v) is 4.75. The van der Waals surface area contributed by atoms with Crippen molar-refractivity contribution in [1.82, 2.24) is 10.2 Å². The van der Waals surface area contributed by atoms with Crippen LogP contribution in [0.2, 0.25) is 0 Å². The van der Waals surface area contributed by atoms with Crippen molar-refractivity contribution >= 4 is 11.3 Å². The molecule has 0 aliphatic carbocycles. The van der Waals surface area contributed by atoms with Gasteiger partial charge in [-0.3, -0.25) is 0 Å². The van der Waals surface area contributed by atoms with Gasteiger partial charge >= 0.3 is 0 Å². The highest BCUT2D eigenvalue weighted by molar-refractivity contribution is 7.13. The van der Waals surface area contributed by atoms with E-state index in [2.05, 4.69) is 10.2 Å². The van der Waals surface area contributed by atoms with Crippen LogP contribution in [0.4, 0.5) is 0 Å². The molecule has 0 fully saturated rings. The van der Waals surface area contributed by atoms with E-state index in [1.165, 1.54) is 0 Å². The third-order valence-corrected chi connectivity index (χ3v) is 2.38. The lowest BCUT2D eigenvalue weighted by Gasteiger charge is -1.86. The van der Waals surface area contributed by atoms with Crippen molar-refractivity contribution in [1.29, 1.82) is 0 Å². The van der Waals surface area contributed by atoms with Crippen molar-refractivity contribution in [3.63, 3.8) is 0 Å². The second-order valence-electron chi connectivity index (χ2n) is 2.45. The van der Waals surface area contributed by atoms with Gasteiger partial charge in [0, 0.05) is 6.42 Å². The molecule has 0 saturated heterocycles. The predicted molar refractivity (Wildman–Crippen MR) is 48.4 cm³/mol. The largest absolute Gasteiger partial charge is 0.420 e. The van der Waals surface area contributed by atoms with Crippen LogP contribution in [0.5, 0.6) is 0 Å². The maximum Gasteiger partial charge on any atom is 0.257 e. The van der Waals surface area contributed by atoms with Gasteiger partial charge in [-0.25, -0.2) is 0 Å². The van der Waals surface area contributed by atoms with E-state index in [1.807, 2.05) is 17.5 Å². The van der Waals surface area contributed by atoms with E-state index in [9.17, 15) is 0 Å². The van der Waals surface area contributed by atoms with Gasteiger partial charge in [0.15, 0.2) is 0 Å². The summed E-state index contributed by atoms with van der Waals surface area (Å²) >= 11 is 1.55. The summed E-state index contributed by atoms with van der Waals surface area (Å²) in [4.78, 5) is 0.955. The van der Waals surface area contributed by atoms with Gasteiger partial charge in [0.2, 0.25) is 5.89 Å². The van der Waals surface area contributed by atoms with Crippen LogP contribution in [0, 0.1) is 0 Å². The van der Waals surface area contributed by atoms with E-state index in [-0.39, 0.29) is 6.61 Å². The van der Waals surface area contributed by atoms with E-state index in [0.29, 0.717) is 18.2 Å². The fourth-order valence-electron chi connectivity index (χ4n) is 0.950. The van der Waals surface area contributed by atoms with Crippen LogP contribution >= 0.6 is 11.3 Å². The van der Waals surface area contributed by atoms with Crippen molar-refractivity contribution in [2.24, 2.45) is 0 Å². The smallest absolute Gasteiger partial charge is 0.257 e. The van der Waals surface area contributed by atoms with Crippen LogP contribution in [0.25, 0.3) is 10.8 Å². The van der Waals surface area contributed by atoms with E-state index in [0.717, 1.165) is 4.88 Å². The average Bonchev–Trinajstić information content (AvgIpc) is 2.70. The molecule has 5 heteroatoms. The van der Waals surface area contributed by atoms with Crippen LogP contribution in [0.1, 0.15) is 5.89 Å². The first kappa shape index (κ1) is 8.40. The third kappa shape index (κ3) is 1.76. The zero-order chi connectivity index (χ0) is 9.10. The Balaban J connectivity index is 2.23. The number of aliphatic hydroxyl groups is 1. The fraction of sp³-hybridized carbons (Fsp3) is 0.250. The summed E-state index contributed by atoms with van der Waals surface area (Å²) in [6, 6.07) is 3.84. The van der Waals surface area contributed by atoms with Gasteiger partial charge in [0.1, 0.15) is 0 Å². The van der Waals surface area contributed by atoms with Gasteiger partial charge < -0.3 is 9.52 Å². The Hall–Kier alpha value is -1.20. The summed E-state index contributed by atoms with van der Waals surface area (Å²) in [5.41, 5.74) is 0. The van der Waals surface area contributed by atoms with Gasteiger partial charge in [0.05, 0.1) is 11.5 Å². The van der Waals surface area contributed by atoms with Crippen molar-refractivity contribution in [3.8, 4) is 10.8 Å². The molecule has 2 aromatic rings. The second-order valence-corrected chi connectivity index (χ2v) is 3.40. The van der Waals surface area contributed by atoms with Crippen LogP contribution in [0.3, 0.4) is 0 Å². The highest BCUT2D eigenvalue weighted by atomic mass is 32.1. The minimum atomic E-state index is 0.0338. The van der Waals surface area contributed by atoms with Gasteiger partial charge in [0.25, 0.3) is 5.89 Å². The summed E-state index contributed by atoms with van der Waals surface area (Å²) in [5.74, 6) is 1.00. The SMILES string of the molecule is OCCc1nnc(-c2cccs2)o1. The number of thiophene rings is 1. The molecule has 13 heavy (non-hydrogen) atoms. The monoisotopic (exact) mass is 196 g/mol. The first-order valence-electron chi connectivity index (χ1n) is 3.87. The van der Waals surface area contributed by atoms with Crippen LogP contribution in [-0.2, 0) is 6.42 Å². The van der Waals surface area contributed by atoms with Crippen LogP contribution in [0.15, 0.2) is 21.9 Å². The Kier molecular flexibility index (Phi) is 2.37. The number of rotatable bonds is 3. The molecule has 2 aromatic heterocycles. The third-order valence-electron chi connectivity index (χ3n) is 1.52. The molecule has 0 radical (unpaired) electrons. The number of aromatic nitrogens is 2. The van der Waals surface area contributed by atoms with E-state index in [1.54, 1.807) is 11.3 Å². The molecule has 0 atom stereocenters. The lowest BCUT2D eigenvalue weighted by atomic mass is 10.4. The topological polar surface area (TPSA) is 59.2 Å². The first-order chi connectivity index (χ1) is 6.40. The highest BCUT2D eigenvalue weighted by Crippen LogP contribution is 2.22. The summed E-state index contributed by atoms with van der Waals surface area (Å²) in [6.07, 6.45) is 0.415. The second kappa shape index (κ2) is 3.68. The maximum atomic E-state index is 8.63. The molecule has 0 aliphatic heterocycles. The lowest BCUT2D eigenvalue weighted by Crippen LogP contribution is -1.89. The van der Waals surface area contributed by atoms with Crippen molar-refractivity contribution in [2.75, 3.05) is 6.61 Å². The molecule has 0 spiro atoms. The lowest BCUT2D eigenvalue weighted by molar-refractivity contribution is 0.285. The Morgan fingerprint density at radius 1 is 1.46 bits per heavy atom. The Morgan fingerprint density at radius 2 is 2.38 bits per heavy atom. The predicted octanol–water partition coefficient (Wildman–Crippen LogP) is 1.33. The zero-order valence-electron chi connectivity index (χ0n) is 6.80. The van der Waals surface area contributed by atoms with E-state index >= 15 is 0 Å². The van der Waals surface area contributed by atoms with Crippen molar-refractivity contribution < 1.29 is 9.52 Å².